The van der Waals surface area contributed by atoms with Gasteiger partial charge in [0, 0.05) is 0 Å². The average molecular weight is 168 g/mol. The molecule has 2 unspecified atom stereocenters. The molecule has 0 spiro atoms. The minimum absolute atomic E-state index is 0.909. The van der Waals surface area contributed by atoms with Crippen LogP contribution in [0.25, 0.3) is 0 Å². The molecule has 0 aromatic carbocycles. The molecular weight excluding hydrogens is 144 g/mol. The minimum Gasteiger partial charge on any atom is -0.0625 e. The van der Waals surface area contributed by atoms with E-state index in [2.05, 4.69) is 27.7 Å². The molecule has 72 valence electrons. The standard InChI is InChI=1S/C12H24/c1-9(2)11-6-5-7-12(8-11)10(3)4/h9-12H,5-8H2,1-4H3. The Morgan fingerprint density at radius 1 is 0.833 bits per heavy atom. The van der Waals surface area contributed by atoms with Gasteiger partial charge in [-0.1, -0.05) is 47.0 Å². The van der Waals surface area contributed by atoms with E-state index >= 15 is 0 Å². The fourth-order valence-electron chi connectivity index (χ4n) is 2.48. The first-order valence-corrected chi connectivity index (χ1v) is 5.61. The Kier molecular flexibility index (Phi) is 3.61. The lowest BCUT2D eigenvalue weighted by atomic mass is 9.72. The quantitative estimate of drug-likeness (QED) is 0.582. The Morgan fingerprint density at radius 3 is 1.58 bits per heavy atom. The molecule has 1 rings (SSSR count). The number of hydrogen-bond donors (Lipinski definition) is 0. The van der Waals surface area contributed by atoms with Gasteiger partial charge in [0.15, 0.2) is 0 Å². The van der Waals surface area contributed by atoms with Gasteiger partial charge in [-0.05, 0) is 30.1 Å². The average Bonchev–Trinajstić information content (AvgIpc) is 2.04. The molecule has 0 N–H and O–H groups in total. The summed E-state index contributed by atoms with van der Waals surface area (Å²) in [6.45, 7) is 9.53. The summed E-state index contributed by atoms with van der Waals surface area (Å²) in [6, 6.07) is 0. The van der Waals surface area contributed by atoms with Crippen molar-refractivity contribution in [3.8, 4) is 0 Å². The summed E-state index contributed by atoms with van der Waals surface area (Å²) >= 11 is 0. The van der Waals surface area contributed by atoms with E-state index in [9.17, 15) is 0 Å². The molecule has 0 aliphatic heterocycles. The second-order valence-corrected chi connectivity index (χ2v) is 5.17. The summed E-state index contributed by atoms with van der Waals surface area (Å²) in [7, 11) is 0. The molecule has 0 nitrogen and oxygen atoms in total. The molecule has 0 saturated heterocycles. The largest absolute Gasteiger partial charge is 0.0625 e. The van der Waals surface area contributed by atoms with Crippen molar-refractivity contribution in [1.29, 1.82) is 0 Å². The van der Waals surface area contributed by atoms with Crippen LogP contribution in [0.4, 0.5) is 0 Å². The van der Waals surface area contributed by atoms with Crippen LogP contribution in [0, 0.1) is 23.7 Å². The van der Waals surface area contributed by atoms with Gasteiger partial charge in [0.25, 0.3) is 0 Å². The molecule has 2 atom stereocenters. The maximum absolute atomic E-state index is 2.38. The van der Waals surface area contributed by atoms with Gasteiger partial charge in [-0.3, -0.25) is 0 Å². The van der Waals surface area contributed by atoms with Gasteiger partial charge in [0.1, 0.15) is 0 Å². The Hall–Kier alpha value is 0. The van der Waals surface area contributed by atoms with Gasteiger partial charge in [0.2, 0.25) is 0 Å². The van der Waals surface area contributed by atoms with Crippen LogP contribution in [0.2, 0.25) is 0 Å². The summed E-state index contributed by atoms with van der Waals surface area (Å²) in [5.41, 5.74) is 0. The molecule has 1 aliphatic rings. The fourth-order valence-corrected chi connectivity index (χ4v) is 2.48. The monoisotopic (exact) mass is 168 g/mol. The molecule has 0 aromatic rings. The zero-order valence-corrected chi connectivity index (χ0v) is 9.14. The first-order valence-electron chi connectivity index (χ1n) is 5.61. The van der Waals surface area contributed by atoms with Crippen molar-refractivity contribution in [2.24, 2.45) is 23.7 Å². The van der Waals surface area contributed by atoms with E-state index in [0.717, 1.165) is 23.7 Å². The molecule has 0 radical (unpaired) electrons. The zero-order chi connectivity index (χ0) is 9.14. The predicted molar refractivity (Wildman–Crippen MR) is 55.1 cm³/mol. The molecule has 0 heterocycles. The summed E-state index contributed by atoms with van der Waals surface area (Å²) in [5.74, 6) is 3.86. The SMILES string of the molecule is CC(C)C1CCCC(C(C)C)C1. The van der Waals surface area contributed by atoms with E-state index in [0.29, 0.717) is 0 Å². The lowest BCUT2D eigenvalue weighted by molar-refractivity contribution is 0.177. The highest BCUT2D eigenvalue weighted by molar-refractivity contribution is 4.76. The lowest BCUT2D eigenvalue weighted by Gasteiger charge is -2.33. The topological polar surface area (TPSA) is 0 Å². The van der Waals surface area contributed by atoms with Gasteiger partial charge in [0.05, 0.1) is 0 Å². The Bertz CT molecular complexity index is 110. The highest BCUT2D eigenvalue weighted by atomic mass is 14.3. The number of rotatable bonds is 2. The molecular formula is C12H24. The summed E-state index contributed by atoms with van der Waals surface area (Å²) < 4.78 is 0. The lowest BCUT2D eigenvalue weighted by Crippen LogP contribution is -2.22. The van der Waals surface area contributed by atoms with Crippen molar-refractivity contribution in [2.45, 2.75) is 53.4 Å². The molecule has 1 saturated carbocycles. The Morgan fingerprint density at radius 2 is 1.25 bits per heavy atom. The van der Waals surface area contributed by atoms with Gasteiger partial charge < -0.3 is 0 Å². The zero-order valence-electron chi connectivity index (χ0n) is 9.14. The molecule has 1 fully saturated rings. The van der Waals surface area contributed by atoms with Crippen LogP contribution in [-0.2, 0) is 0 Å². The summed E-state index contributed by atoms with van der Waals surface area (Å²) in [5, 5.41) is 0. The van der Waals surface area contributed by atoms with E-state index < -0.39 is 0 Å². The van der Waals surface area contributed by atoms with Crippen molar-refractivity contribution in [1.82, 2.24) is 0 Å². The fraction of sp³-hybridized carbons (Fsp3) is 1.00. The molecule has 0 heteroatoms. The minimum atomic E-state index is 0.909. The van der Waals surface area contributed by atoms with E-state index in [1.165, 1.54) is 25.7 Å². The summed E-state index contributed by atoms with van der Waals surface area (Å²) in [6.07, 6.45) is 5.95. The third-order valence-electron chi connectivity index (χ3n) is 3.64. The second-order valence-electron chi connectivity index (χ2n) is 5.17. The summed E-state index contributed by atoms with van der Waals surface area (Å²) in [4.78, 5) is 0. The smallest absolute Gasteiger partial charge is 0.0388 e. The predicted octanol–water partition coefficient (Wildman–Crippen LogP) is 4.10. The van der Waals surface area contributed by atoms with Crippen LogP contribution in [0.3, 0.4) is 0 Å². The molecule has 0 aromatic heterocycles. The van der Waals surface area contributed by atoms with E-state index in [4.69, 9.17) is 0 Å². The van der Waals surface area contributed by atoms with Crippen molar-refractivity contribution in [2.75, 3.05) is 0 Å². The van der Waals surface area contributed by atoms with Crippen LogP contribution in [0.1, 0.15) is 53.4 Å². The van der Waals surface area contributed by atoms with E-state index in [-0.39, 0.29) is 0 Å². The second kappa shape index (κ2) is 4.30. The normalized spacial score (nSPS) is 31.5. The molecule has 1 aliphatic carbocycles. The van der Waals surface area contributed by atoms with Gasteiger partial charge in [-0.25, -0.2) is 0 Å². The van der Waals surface area contributed by atoms with Crippen molar-refractivity contribution in [3.05, 3.63) is 0 Å². The number of hydrogen-bond acceptors (Lipinski definition) is 0. The van der Waals surface area contributed by atoms with Crippen LogP contribution in [-0.4, -0.2) is 0 Å². The van der Waals surface area contributed by atoms with Crippen molar-refractivity contribution < 1.29 is 0 Å². The Balaban J connectivity index is 2.40. The van der Waals surface area contributed by atoms with Crippen molar-refractivity contribution >= 4 is 0 Å². The first kappa shape index (κ1) is 10.1. The molecule has 12 heavy (non-hydrogen) atoms. The highest BCUT2D eigenvalue weighted by Crippen LogP contribution is 2.36. The third kappa shape index (κ3) is 2.50. The molecule has 0 bridgehead atoms. The third-order valence-corrected chi connectivity index (χ3v) is 3.64. The van der Waals surface area contributed by atoms with Crippen LogP contribution in [0.15, 0.2) is 0 Å². The van der Waals surface area contributed by atoms with Gasteiger partial charge in [-0.15, -0.1) is 0 Å². The molecule has 0 amide bonds. The van der Waals surface area contributed by atoms with E-state index in [1.807, 2.05) is 0 Å². The maximum Gasteiger partial charge on any atom is -0.0388 e. The van der Waals surface area contributed by atoms with Gasteiger partial charge >= 0.3 is 0 Å². The highest BCUT2D eigenvalue weighted by Gasteiger charge is 2.25. The maximum atomic E-state index is 2.38. The van der Waals surface area contributed by atoms with E-state index in [1.54, 1.807) is 0 Å². The Labute approximate surface area is 77.7 Å². The van der Waals surface area contributed by atoms with Gasteiger partial charge in [-0.2, -0.15) is 0 Å². The van der Waals surface area contributed by atoms with Crippen molar-refractivity contribution in [3.63, 3.8) is 0 Å². The first-order chi connectivity index (χ1) is 5.61. The van der Waals surface area contributed by atoms with Crippen LogP contribution in [0.5, 0.6) is 0 Å². The van der Waals surface area contributed by atoms with Crippen LogP contribution >= 0.6 is 0 Å². The van der Waals surface area contributed by atoms with Crippen LogP contribution < -0.4 is 0 Å².